The van der Waals surface area contributed by atoms with Gasteiger partial charge in [-0.3, -0.25) is 4.79 Å². The molecule has 1 N–H and O–H groups in total. The first-order valence-corrected chi connectivity index (χ1v) is 5.33. The minimum absolute atomic E-state index is 0. The predicted molar refractivity (Wildman–Crippen MR) is 47.0 cm³/mol. The molecule has 0 aliphatic rings. The van der Waals surface area contributed by atoms with Crippen molar-refractivity contribution in [1.29, 1.82) is 0 Å². The number of amides is 1. The van der Waals surface area contributed by atoms with Gasteiger partial charge in [0.1, 0.15) is 0 Å². The fourth-order valence-electron chi connectivity index (χ4n) is 0.768. The van der Waals surface area contributed by atoms with Crippen molar-refractivity contribution in [3.8, 4) is 0 Å². The quantitative estimate of drug-likeness (QED) is 0.293. The molecule has 0 aliphatic heterocycles. The number of carbonyl (C=O) groups excluding carboxylic acids is 1. The molecular formula is C7H12LiNO4S. The molecule has 1 atom stereocenters. The molecule has 0 aromatic rings. The maximum absolute atomic E-state index is 10.7. The Morgan fingerprint density at radius 2 is 2.14 bits per heavy atom. The van der Waals surface area contributed by atoms with Crippen molar-refractivity contribution >= 4 is 16.0 Å². The standard InChI is InChI=1S/C7H13NO4S.Li/c1-3-6(5-13(10,11)12)8-7(9)4-2;/h4,6H,2-3,5H2,1H3,(H,8,9)(H,10,11,12);/q;+1/p-1. The number of hydrogen-bond donors (Lipinski definition) is 1. The van der Waals surface area contributed by atoms with Crippen LogP contribution in [0.2, 0.25) is 0 Å². The van der Waals surface area contributed by atoms with Crippen LogP contribution in [-0.2, 0) is 14.9 Å². The molecular weight excluding hydrogens is 201 g/mol. The SMILES string of the molecule is C=CC(=O)NC(CC)CS(=O)(=O)[O-].[Li+]. The van der Waals surface area contributed by atoms with Crippen LogP contribution in [0.4, 0.5) is 0 Å². The van der Waals surface area contributed by atoms with Crippen molar-refractivity contribution in [2.24, 2.45) is 0 Å². The van der Waals surface area contributed by atoms with Crippen molar-refractivity contribution < 1.29 is 36.6 Å². The van der Waals surface area contributed by atoms with E-state index in [2.05, 4.69) is 11.9 Å². The Balaban J connectivity index is 0. The van der Waals surface area contributed by atoms with Crippen molar-refractivity contribution in [3.05, 3.63) is 12.7 Å². The predicted octanol–water partition coefficient (Wildman–Crippen LogP) is -3.38. The largest absolute Gasteiger partial charge is 1.00 e. The van der Waals surface area contributed by atoms with Crippen molar-refractivity contribution in [2.75, 3.05) is 5.75 Å². The molecule has 5 nitrogen and oxygen atoms in total. The first-order valence-electron chi connectivity index (χ1n) is 3.75. The number of rotatable bonds is 5. The molecule has 0 aromatic carbocycles. The van der Waals surface area contributed by atoms with Crippen LogP contribution in [-0.4, -0.2) is 30.7 Å². The van der Waals surface area contributed by atoms with E-state index in [1.807, 2.05) is 0 Å². The Morgan fingerprint density at radius 3 is 2.43 bits per heavy atom. The summed E-state index contributed by atoms with van der Waals surface area (Å²) in [5.41, 5.74) is 0. The number of nitrogens with one attached hydrogen (secondary N) is 1. The molecule has 76 valence electrons. The van der Waals surface area contributed by atoms with Gasteiger partial charge >= 0.3 is 18.9 Å². The van der Waals surface area contributed by atoms with Crippen LogP contribution in [0.15, 0.2) is 12.7 Å². The maximum atomic E-state index is 10.7. The molecule has 0 fully saturated rings. The van der Waals surface area contributed by atoms with Crippen molar-refractivity contribution in [2.45, 2.75) is 19.4 Å². The summed E-state index contributed by atoms with van der Waals surface area (Å²) in [6.45, 7) is 4.88. The van der Waals surface area contributed by atoms with Gasteiger partial charge in [0.2, 0.25) is 5.91 Å². The average Bonchev–Trinajstić information content (AvgIpc) is 2.00. The van der Waals surface area contributed by atoms with Gasteiger partial charge in [0.05, 0.1) is 15.9 Å². The monoisotopic (exact) mass is 213 g/mol. The second kappa shape index (κ2) is 7.07. The van der Waals surface area contributed by atoms with E-state index in [4.69, 9.17) is 0 Å². The van der Waals surface area contributed by atoms with Crippen LogP contribution in [0.1, 0.15) is 13.3 Å². The van der Waals surface area contributed by atoms with Gasteiger partial charge in [0.25, 0.3) is 0 Å². The topological polar surface area (TPSA) is 86.3 Å². The summed E-state index contributed by atoms with van der Waals surface area (Å²) in [6, 6.07) is -0.631. The maximum Gasteiger partial charge on any atom is 1.00 e. The van der Waals surface area contributed by atoms with Crippen molar-refractivity contribution in [3.63, 3.8) is 0 Å². The van der Waals surface area contributed by atoms with Crippen molar-refractivity contribution in [1.82, 2.24) is 5.32 Å². The fourth-order valence-corrected chi connectivity index (χ4v) is 1.58. The average molecular weight is 213 g/mol. The molecule has 0 bridgehead atoms. The molecule has 0 rings (SSSR count). The van der Waals surface area contributed by atoms with Gasteiger partial charge in [0, 0.05) is 6.04 Å². The second-order valence-corrected chi connectivity index (χ2v) is 3.99. The molecule has 0 radical (unpaired) electrons. The van der Waals surface area contributed by atoms with Crippen LogP contribution in [0.3, 0.4) is 0 Å². The third-order valence-electron chi connectivity index (χ3n) is 1.43. The molecule has 0 heterocycles. The van der Waals surface area contributed by atoms with Crippen LogP contribution in [0.5, 0.6) is 0 Å². The summed E-state index contributed by atoms with van der Waals surface area (Å²) in [5.74, 6) is -1.06. The van der Waals surface area contributed by atoms with E-state index in [0.29, 0.717) is 6.42 Å². The Morgan fingerprint density at radius 1 is 1.64 bits per heavy atom. The second-order valence-electron chi connectivity index (χ2n) is 2.54. The first kappa shape index (κ1) is 16.2. The summed E-state index contributed by atoms with van der Waals surface area (Å²) >= 11 is 0. The third kappa shape index (κ3) is 8.32. The van der Waals surface area contributed by atoms with E-state index in [1.54, 1.807) is 6.92 Å². The molecule has 1 unspecified atom stereocenters. The first-order chi connectivity index (χ1) is 5.89. The van der Waals surface area contributed by atoms with Gasteiger partial charge in [-0.25, -0.2) is 8.42 Å². The van der Waals surface area contributed by atoms with Gasteiger partial charge in [-0.1, -0.05) is 13.5 Å². The zero-order valence-corrected chi connectivity index (χ0v) is 9.13. The Labute approximate surface area is 95.9 Å². The normalized spacial score (nSPS) is 12.4. The molecule has 7 heteroatoms. The number of carbonyl (C=O) groups is 1. The van der Waals surface area contributed by atoms with Crippen LogP contribution in [0.25, 0.3) is 0 Å². The van der Waals surface area contributed by atoms with Gasteiger partial charge in [0.15, 0.2) is 0 Å². The van der Waals surface area contributed by atoms with Crippen LogP contribution >= 0.6 is 0 Å². The van der Waals surface area contributed by atoms with E-state index in [-0.39, 0.29) is 18.9 Å². The zero-order valence-electron chi connectivity index (χ0n) is 8.32. The Bertz CT molecular complexity index is 288. The summed E-state index contributed by atoms with van der Waals surface area (Å²) in [7, 11) is -4.29. The van der Waals surface area contributed by atoms with Crippen LogP contribution in [0, 0.1) is 0 Å². The molecule has 0 saturated heterocycles. The summed E-state index contributed by atoms with van der Waals surface area (Å²) in [4.78, 5) is 10.7. The third-order valence-corrected chi connectivity index (χ3v) is 2.24. The Hall–Kier alpha value is -0.283. The van der Waals surface area contributed by atoms with Gasteiger partial charge in [-0.2, -0.15) is 0 Å². The summed E-state index contributed by atoms with van der Waals surface area (Å²) in [6.07, 6.45) is 1.42. The van der Waals surface area contributed by atoms with E-state index < -0.39 is 27.8 Å². The molecule has 1 amide bonds. The summed E-state index contributed by atoms with van der Waals surface area (Å²) in [5, 5.41) is 2.34. The zero-order chi connectivity index (χ0) is 10.5. The summed E-state index contributed by atoms with van der Waals surface area (Å²) < 4.78 is 31.0. The Kier molecular flexibility index (Phi) is 8.16. The van der Waals surface area contributed by atoms with E-state index in [0.717, 1.165) is 6.08 Å². The van der Waals surface area contributed by atoms with E-state index in [9.17, 15) is 17.8 Å². The fraction of sp³-hybridized carbons (Fsp3) is 0.571. The van der Waals surface area contributed by atoms with Gasteiger partial charge in [-0.05, 0) is 12.5 Å². The minimum Gasteiger partial charge on any atom is -0.748 e. The van der Waals surface area contributed by atoms with Crippen LogP contribution < -0.4 is 24.2 Å². The minimum atomic E-state index is -4.29. The van der Waals surface area contributed by atoms with E-state index in [1.165, 1.54) is 0 Å². The van der Waals surface area contributed by atoms with E-state index >= 15 is 0 Å². The smallest absolute Gasteiger partial charge is 0.748 e. The molecule has 14 heavy (non-hydrogen) atoms. The molecule has 0 spiro atoms. The molecule has 0 aromatic heterocycles. The molecule has 0 aliphatic carbocycles. The molecule has 0 saturated carbocycles. The van der Waals surface area contributed by atoms with Gasteiger partial charge < -0.3 is 9.87 Å². The van der Waals surface area contributed by atoms with Gasteiger partial charge in [-0.15, -0.1) is 0 Å². The number of hydrogen-bond acceptors (Lipinski definition) is 4.